The van der Waals surface area contributed by atoms with Crippen molar-refractivity contribution in [2.45, 2.75) is 39.7 Å². The van der Waals surface area contributed by atoms with Crippen LogP contribution in [-0.4, -0.2) is 28.8 Å². The molecule has 0 fully saturated rings. The lowest BCUT2D eigenvalue weighted by Crippen LogP contribution is -2.47. The van der Waals surface area contributed by atoms with Crippen molar-refractivity contribution in [1.29, 1.82) is 0 Å². The zero-order valence-corrected chi connectivity index (χ0v) is 21.7. The van der Waals surface area contributed by atoms with Crippen LogP contribution in [0.3, 0.4) is 0 Å². The number of carbonyl (C=O) groups excluding carboxylic acids is 1. The van der Waals surface area contributed by atoms with Crippen molar-refractivity contribution in [2.75, 3.05) is 7.05 Å². The minimum Gasteiger partial charge on any atom is -0.382 e. The molecule has 2 aromatic carbocycles. The summed E-state index contributed by atoms with van der Waals surface area (Å²) >= 11 is 6.59. The first-order valence-corrected chi connectivity index (χ1v) is 12.4. The molecule has 1 aromatic heterocycles. The Kier molecular flexibility index (Phi) is 7.43. The van der Waals surface area contributed by atoms with Gasteiger partial charge in [0, 0.05) is 22.9 Å². The number of nitrogens with zero attached hydrogens (tertiary/aromatic N) is 4. The van der Waals surface area contributed by atoms with Gasteiger partial charge in [0.05, 0.1) is 25.0 Å². The molecule has 8 heteroatoms. The highest BCUT2D eigenvalue weighted by Crippen LogP contribution is 2.40. The van der Waals surface area contributed by atoms with Gasteiger partial charge in [-0.15, -0.1) is 0 Å². The Morgan fingerprint density at radius 3 is 2.58 bits per heavy atom. The number of para-hydroxylation sites is 1. The number of aryl methyl sites for hydroxylation is 1. The van der Waals surface area contributed by atoms with E-state index in [4.69, 9.17) is 23.2 Å². The highest BCUT2D eigenvalue weighted by molar-refractivity contribution is 6.33. The zero-order chi connectivity index (χ0) is 25.9. The molecule has 1 unspecified atom stereocenters. The van der Waals surface area contributed by atoms with E-state index in [1.54, 1.807) is 6.20 Å². The molecular weight excluding hydrogens is 472 g/mol. The molecule has 2 amide bonds. The SMILES string of the molecule is CCCCC1=C[N+](C)(c2c(C)cccc2Cl)C(=O)N1Cc1ccc(-c2ccccc2C(N)=NN)nc1. The molecule has 0 spiro atoms. The summed E-state index contributed by atoms with van der Waals surface area (Å²) in [6, 6.07) is 17.2. The van der Waals surface area contributed by atoms with Crippen molar-refractivity contribution in [3.05, 3.63) is 94.4 Å². The van der Waals surface area contributed by atoms with Crippen molar-refractivity contribution in [2.24, 2.45) is 16.7 Å². The number of hydrazone groups is 1. The molecule has 0 saturated carbocycles. The smallest absolute Gasteiger partial charge is 0.382 e. The Morgan fingerprint density at radius 2 is 1.92 bits per heavy atom. The van der Waals surface area contributed by atoms with E-state index in [1.165, 1.54) is 0 Å². The van der Waals surface area contributed by atoms with E-state index in [0.29, 0.717) is 11.6 Å². The predicted molar refractivity (Wildman–Crippen MR) is 147 cm³/mol. The van der Waals surface area contributed by atoms with E-state index in [1.807, 2.05) is 79.7 Å². The molecule has 0 radical (unpaired) electrons. The summed E-state index contributed by atoms with van der Waals surface area (Å²) in [4.78, 5) is 20.4. The summed E-state index contributed by atoms with van der Waals surface area (Å²) < 4.78 is 0.0150. The Hall–Kier alpha value is -3.68. The average Bonchev–Trinajstić information content (AvgIpc) is 3.12. The number of allylic oxidation sites excluding steroid dienone is 1. The number of carbonyl (C=O) groups is 1. The van der Waals surface area contributed by atoms with E-state index in [0.717, 1.165) is 58.6 Å². The molecular formula is C28H32ClN6O+. The summed E-state index contributed by atoms with van der Waals surface area (Å²) in [6.45, 7) is 4.56. The summed E-state index contributed by atoms with van der Waals surface area (Å²) in [6.07, 6.45) is 6.69. The van der Waals surface area contributed by atoms with Crippen LogP contribution >= 0.6 is 11.6 Å². The van der Waals surface area contributed by atoms with Crippen LogP contribution < -0.4 is 16.1 Å². The number of pyridine rings is 1. The topological polar surface area (TPSA) is 97.6 Å². The molecule has 0 saturated heterocycles. The van der Waals surface area contributed by atoms with Crippen LogP contribution in [0.2, 0.25) is 5.02 Å². The maximum atomic E-state index is 13.9. The van der Waals surface area contributed by atoms with Gasteiger partial charge in [0.15, 0.2) is 11.5 Å². The molecule has 3 aromatic rings. The first-order chi connectivity index (χ1) is 17.3. The third-order valence-electron chi connectivity index (χ3n) is 6.61. The number of hydrogen-bond acceptors (Lipinski definition) is 4. The number of quaternary nitrogens is 1. The monoisotopic (exact) mass is 503 g/mol. The van der Waals surface area contributed by atoms with Gasteiger partial charge in [0.1, 0.15) is 11.2 Å². The van der Waals surface area contributed by atoms with Gasteiger partial charge in [-0.2, -0.15) is 9.58 Å². The molecule has 0 aliphatic carbocycles. The van der Waals surface area contributed by atoms with Crippen LogP contribution in [0, 0.1) is 6.92 Å². The van der Waals surface area contributed by atoms with Crippen LogP contribution in [0.4, 0.5) is 10.5 Å². The van der Waals surface area contributed by atoms with Crippen molar-refractivity contribution in [3.8, 4) is 11.3 Å². The fourth-order valence-corrected chi connectivity index (χ4v) is 5.15. The van der Waals surface area contributed by atoms with E-state index < -0.39 is 0 Å². The molecule has 2 heterocycles. The summed E-state index contributed by atoms with van der Waals surface area (Å²) in [7, 11) is 1.91. The second kappa shape index (κ2) is 10.5. The van der Waals surface area contributed by atoms with Gasteiger partial charge in [-0.05, 0) is 37.5 Å². The molecule has 1 aliphatic rings. The number of urea groups is 1. The summed E-state index contributed by atoms with van der Waals surface area (Å²) in [5, 5.41) is 4.21. The van der Waals surface area contributed by atoms with Crippen LogP contribution in [0.15, 0.2) is 77.8 Å². The average molecular weight is 504 g/mol. The van der Waals surface area contributed by atoms with Crippen LogP contribution in [0.5, 0.6) is 0 Å². The lowest BCUT2D eigenvalue weighted by molar-refractivity contribution is 0.197. The number of aromatic nitrogens is 1. The predicted octanol–water partition coefficient (Wildman–Crippen LogP) is 5.89. The number of amidine groups is 1. The van der Waals surface area contributed by atoms with Gasteiger partial charge in [0.2, 0.25) is 0 Å². The highest BCUT2D eigenvalue weighted by atomic mass is 35.5. The highest BCUT2D eigenvalue weighted by Gasteiger charge is 2.47. The minimum absolute atomic E-state index is 0.0150. The number of unbranched alkanes of at least 4 members (excludes halogenated alkanes) is 1. The molecule has 1 atom stereocenters. The van der Waals surface area contributed by atoms with Gasteiger partial charge in [-0.3, -0.25) is 9.88 Å². The zero-order valence-electron chi connectivity index (χ0n) is 20.9. The molecule has 1 aliphatic heterocycles. The molecule has 7 nitrogen and oxygen atoms in total. The number of hydrogen-bond donors (Lipinski definition) is 2. The number of rotatable bonds is 8. The molecule has 4 rings (SSSR count). The first-order valence-electron chi connectivity index (χ1n) is 12.0. The lowest BCUT2D eigenvalue weighted by atomic mass is 10.0. The van der Waals surface area contributed by atoms with Crippen molar-refractivity contribution >= 4 is 29.2 Å². The Bertz CT molecular complexity index is 1310. The van der Waals surface area contributed by atoms with E-state index >= 15 is 0 Å². The van der Waals surface area contributed by atoms with Gasteiger partial charge in [0.25, 0.3) is 0 Å². The fraction of sp³-hybridized carbons (Fsp3) is 0.250. The largest absolute Gasteiger partial charge is 0.433 e. The standard InChI is InChI=1S/C28H32ClN6O/c1-4-5-10-21-18-35(3,26-19(2)9-8-13-24(26)29)28(36)34(21)17-20-14-15-25(32-16-20)22-11-6-7-12-23(22)27(30)33-31/h6-9,11-16,18H,4-5,10,17,31H2,1-3H3,(H2,30,33)/q+1. The van der Waals surface area contributed by atoms with Gasteiger partial charge >= 0.3 is 6.03 Å². The van der Waals surface area contributed by atoms with E-state index in [2.05, 4.69) is 17.0 Å². The first kappa shape index (κ1) is 25.4. The van der Waals surface area contributed by atoms with Crippen molar-refractivity contribution in [1.82, 2.24) is 14.4 Å². The Labute approximate surface area is 217 Å². The normalized spacial score (nSPS) is 18.0. The maximum Gasteiger partial charge on any atom is 0.433 e. The van der Waals surface area contributed by atoms with Gasteiger partial charge in [-0.1, -0.05) is 67.4 Å². The third kappa shape index (κ3) is 4.72. The van der Waals surface area contributed by atoms with Gasteiger partial charge < -0.3 is 11.6 Å². The number of amides is 2. The summed E-state index contributed by atoms with van der Waals surface area (Å²) in [5.74, 6) is 5.65. The Balaban J connectivity index is 1.65. The molecule has 4 N–H and O–H groups in total. The lowest BCUT2D eigenvalue weighted by Gasteiger charge is -2.27. The molecule has 0 bridgehead atoms. The number of nitrogens with two attached hydrogens (primary N) is 2. The number of halogens is 1. The second-order valence-corrected chi connectivity index (χ2v) is 9.59. The van der Waals surface area contributed by atoms with Crippen LogP contribution in [0.25, 0.3) is 11.3 Å². The maximum absolute atomic E-state index is 13.9. The Morgan fingerprint density at radius 1 is 1.14 bits per heavy atom. The van der Waals surface area contributed by atoms with Crippen LogP contribution in [0.1, 0.15) is 42.9 Å². The summed E-state index contributed by atoms with van der Waals surface area (Å²) in [5.41, 5.74) is 12.0. The molecule has 36 heavy (non-hydrogen) atoms. The number of benzene rings is 2. The molecule has 186 valence electrons. The fourth-order valence-electron chi connectivity index (χ4n) is 4.75. The minimum atomic E-state index is -0.0290. The van der Waals surface area contributed by atoms with Gasteiger partial charge in [-0.25, -0.2) is 4.79 Å². The quantitative estimate of drug-likeness (QED) is 0.131. The third-order valence-corrected chi connectivity index (χ3v) is 6.91. The van der Waals surface area contributed by atoms with Crippen LogP contribution in [-0.2, 0) is 6.54 Å². The van der Waals surface area contributed by atoms with E-state index in [9.17, 15) is 4.79 Å². The second-order valence-electron chi connectivity index (χ2n) is 9.19. The van der Waals surface area contributed by atoms with Crippen molar-refractivity contribution < 1.29 is 4.79 Å². The van der Waals surface area contributed by atoms with E-state index in [-0.39, 0.29) is 16.3 Å². The van der Waals surface area contributed by atoms with Crippen molar-refractivity contribution in [3.63, 3.8) is 0 Å².